The Morgan fingerprint density at radius 1 is 1.37 bits per heavy atom. The van der Waals surface area contributed by atoms with E-state index in [1.54, 1.807) is 12.1 Å². The van der Waals surface area contributed by atoms with Crippen molar-refractivity contribution >= 4 is 14.2 Å². The van der Waals surface area contributed by atoms with Crippen molar-refractivity contribution in [2.24, 2.45) is 0 Å². The van der Waals surface area contributed by atoms with Crippen LogP contribution in [0.1, 0.15) is 6.42 Å². The van der Waals surface area contributed by atoms with Crippen LogP contribution >= 0.6 is 0 Å². The summed E-state index contributed by atoms with van der Waals surface area (Å²) in [7, 11) is 0.458. The van der Waals surface area contributed by atoms with Gasteiger partial charge in [0.1, 0.15) is 14.0 Å². The second-order valence-corrected chi connectivity index (χ2v) is 10.5. The number of hydrogen-bond acceptors (Lipinski definition) is 3. The molecule has 102 valence electrons. The van der Waals surface area contributed by atoms with Crippen LogP contribution < -0.4 is 4.74 Å². The van der Waals surface area contributed by atoms with Crippen LogP contribution in [-0.4, -0.2) is 31.9 Å². The Hall–Kier alpha value is -1.57. The van der Waals surface area contributed by atoms with Crippen molar-refractivity contribution in [2.45, 2.75) is 32.1 Å². The zero-order valence-electron chi connectivity index (χ0n) is 12.0. The van der Waals surface area contributed by atoms with Gasteiger partial charge in [0.2, 0.25) is 0 Å². The summed E-state index contributed by atoms with van der Waals surface area (Å²) in [4.78, 5) is 11.9. The highest BCUT2D eigenvalue weighted by Crippen LogP contribution is 2.15. The first-order valence-electron chi connectivity index (χ1n) is 6.29. The Labute approximate surface area is 116 Å². The Morgan fingerprint density at radius 3 is 2.42 bits per heavy atom. The van der Waals surface area contributed by atoms with Crippen molar-refractivity contribution in [1.29, 1.82) is 0 Å². The summed E-state index contributed by atoms with van der Waals surface area (Å²) < 4.78 is 7.40. The van der Waals surface area contributed by atoms with Gasteiger partial charge in [-0.25, -0.2) is 0 Å². The Kier molecular flexibility index (Phi) is 5.34. The summed E-state index contributed by atoms with van der Waals surface area (Å²) in [5.41, 5.74) is 0. The number of hydrogen-bond donors (Lipinski definition) is 0. The van der Waals surface area contributed by atoms with Gasteiger partial charge in [0.25, 0.3) is 0 Å². The molecule has 0 aliphatic carbocycles. The molecule has 0 bridgehead atoms. The lowest BCUT2D eigenvalue weighted by Crippen LogP contribution is -2.49. The molecule has 0 N–H and O–H groups in total. The molecule has 0 amide bonds. The van der Waals surface area contributed by atoms with Crippen LogP contribution in [0.2, 0.25) is 19.6 Å². The second kappa shape index (κ2) is 6.55. The molecule has 1 unspecified atom stereocenters. The van der Waals surface area contributed by atoms with Crippen molar-refractivity contribution in [3.8, 4) is 18.1 Å². The van der Waals surface area contributed by atoms with Crippen molar-refractivity contribution < 1.29 is 9.53 Å². The van der Waals surface area contributed by atoms with Crippen LogP contribution in [-0.2, 0) is 4.79 Å². The van der Waals surface area contributed by atoms with E-state index in [0.29, 0.717) is 5.75 Å². The standard InChI is InChI=1S/C15H21NO2Si/c1-6-13(16(2)19(3,4)5)12-15(17)18-14-10-8-7-9-11-14/h1,7-11,13H,12H2,2-5H3. The van der Waals surface area contributed by atoms with E-state index >= 15 is 0 Å². The normalized spacial score (nSPS) is 12.8. The molecule has 0 heterocycles. The number of carbonyl (C=O) groups excluding carboxylic acids is 1. The minimum atomic E-state index is -1.52. The Morgan fingerprint density at radius 2 is 1.95 bits per heavy atom. The summed E-state index contributed by atoms with van der Waals surface area (Å²) in [6.45, 7) is 6.58. The van der Waals surface area contributed by atoms with Gasteiger partial charge in [-0.2, -0.15) is 0 Å². The molecule has 1 aromatic rings. The van der Waals surface area contributed by atoms with Gasteiger partial charge in [-0.3, -0.25) is 4.79 Å². The highest BCUT2D eigenvalue weighted by atomic mass is 28.3. The first kappa shape index (κ1) is 15.5. The fourth-order valence-corrected chi connectivity index (χ4v) is 2.70. The molecule has 0 fully saturated rings. The fraction of sp³-hybridized carbons (Fsp3) is 0.400. The average Bonchev–Trinajstić information content (AvgIpc) is 2.35. The van der Waals surface area contributed by atoms with E-state index in [2.05, 4.69) is 30.1 Å². The summed E-state index contributed by atoms with van der Waals surface area (Å²) in [6.07, 6.45) is 5.75. The van der Waals surface area contributed by atoms with E-state index in [9.17, 15) is 4.79 Å². The van der Waals surface area contributed by atoms with Crippen LogP contribution in [0.15, 0.2) is 30.3 Å². The lowest BCUT2D eigenvalue weighted by Gasteiger charge is -2.34. The predicted octanol–water partition coefficient (Wildman–Crippen LogP) is 2.75. The third-order valence-corrected chi connectivity index (χ3v) is 5.48. The largest absolute Gasteiger partial charge is 0.426 e. The van der Waals surface area contributed by atoms with Crippen molar-refractivity contribution in [3.05, 3.63) is 30.3 Å². The Bertz CT molecular complexity index is 459. The van der Waals surface area contributed by atoms with Crippen LogP contribution in [0.25, 0.3) is 0 Å². The number of terminal acetylenes is 1. The first-order valence-corrected chi connectivity index (χ1v) is 9.74. The maximum Gasteiger partial charge on any atom is 0.313 e. The van der Waals surface area contributed by atoms with Gasteiger partial charge < -0.3 is 9.30 Å². The molecule has 0 spiro atoms. The van der Waals surface area contributed by atoms with Gasteiger partial charge in [-0.15, -0.1) is 6.42 Å². The lowest BCUT2D eigenvalue weighted by molar-refractivity contribution is -0.134. The van der Waals surface area contributed by atoms with Gasteiger partial charge in [-0.05, 0) is 19.2 Å². The summed E-state index contributed by atoms with van der Waals surface area (Å²) in [5.74, 6) is 2.95. The maximum absolute atomic E-state index is 11.9. The Balaban J connectivity index is 2.63. The van der Waals surface area contributed by atoms with Crippen LogP contribution in [0.5, 0.6) is 5.75 Å². The minimum absolute atomic E-state index is 0.206. The van der Waals surface area contributed by atoms with Gasteiger partial charge in [0, 0.05) is 0 Å². The number of ether oxygens (including phenoxy) is 1. The fourth-order valence-electron chi connectivity index (χ4n) is 1.59. The van der Waals surface area contributed by atoms with Crippen molar-refractivity contribution in [3.63, 3.8) is 0 Å². The molecule has 1 aromatic carbocycles. The monoisotopic (exact) mass is 275 g/mol. The third kappa shape index (κ3) is 4.90. The molecule has 0 aliphatic heterocycles. The van der Waals surface area contributed by atoms with Crippen molar-refractivity contribution in [1.82, 2.24) is 4.57 Å². The van der Waals surface area contributed by atoms with E-state index in [1.807, 2.05) is 25.2 Å². The highest BCUT2D eigenvalue weighted by Gasteiger charge is 2.28. The molecule has 1 atom stereocenters. The topological polar surface area (TPSA) is 29.5 Å². The van der Waals surface area contributed by atoms with Gasteiger partial charge in [-0.1, -0.05) is 43.8 Å². The maximum atomic E-state index is 11.9. The zero-order chi connectivity index (χ0) is 14.5. The van der Waals surface area contributed by atoms with E-state index in [1.165, 1.54) is 0 Å². The number of nitrogens with zero attached hydrogens (tertiary/aromatic N) is 1. The molecular weight excluding hydrogens is 254 g/mol. The molecule has 0 saturated heterocycles. The molecule has 0 aliphatic rings. The molecular formula is C15H21NO2Si. The molecule has 19 heavy (non-hydrogen) atoms. The molecule has 0 aromatic heterocycles. The average molecular weight is 275 g/mol. The van der Waals surface area contributed by atoms with Crippen LogP contribution in [0.3, 0.4) is 0 Å². The van der Waals surface area contributed by atoms with Crippen molar-refractivity contribution in [2.75, 3.05) is 7.05 Å². The number of carbonyl (C=O) groups is 1. The smallest absolute Gasteiger partial charge is 0.313 e. The highest BCUT2D eigenvalue weighted by molar-refractivity contribution is 6.73. The number of para-hydroxylation sites is 1. The zero-order valence-corrected chi connectivity index (χ0v) is 13.0. The van der Waals surface area contributed by atoms with E-state index in [4.69, 9.17) is 11.2 Å². The van der Waals surface area contributed by atoms with Gasteiger partial charge in [0.15, 0.2) is 0 Å². The lowest BCUT2D eigenvalue weighted by atomic mass is 10.2. The SMILES string of the molecule is C#CC(CC(=O)Oc1ccccc1)N(C)[Si](C)(C)C. The number of esters is 1. The quantitative estimate of drug-likeness (QED) is 0.358. The van der Waals surface area contributed by atoms with Crippen LogP contribution in [0, 0.1) is 12.3 Å². The summed E-state index contributed by atoms with van der Waals surface area (Å²) >= 11 is 0. The minimum Gasteiger partial charge on any atom is -0.426 e. The number of rotatable bonds is 5. The van der Waals surface area contributed by atoms with E-state index in [-0.39, 0.29) is 18.4 Å². The van der Waals surface area contributed by atoms with Gasteiger partial charge >= 0.3 is 5.97 Å². The predicted molar refractivity (Wildman–Crippen MR) is 80.4 cm³/mol. The molecule has 0 radical (unpaired) electrons. The third-order valence-electron chi connectivity index (χ3n) is 3.05. The van der Waals surface area contributed by atoms with E-state index < -0.39 is 8.24 Å². The molecule has 3 nitrogen and oxygen atoms in total. The molecule has 1 rings (SSSR count). The molecule has 4 heteroatoms. The van der Waals surface area contributed by atoms with E-state index in [0.717, 1.165) is 0 Å². The van der Waals surface area contributed by atoms with Crippen LogP contribution in [0.4, 0.5) is 0 Å². The summed E-state index contributed by atoms with van der Waals surface area (Å²) in [5, 5.41) is 0. The van der Waals surface area contributed by atoms with Gasteiger partial charge in [0.05, 0.1) is 12.5 Å². The second-order valence-electron chi connectivity index (χ2n) is 5.46. The molecule has 0 saturated carbocycles. The summed E-state index contributed by atoms with van der Waals surface area (Å²) in [6, 6.07) is 8.84. The first-order chi connectivity index (χ1) is 8.84. The number of benzene rings is 1.